The molecule has 0 bridgehead atoms. The van der Waals surface area contributed by atoms with E-state index in [1.54, 1.807) is 0 Å². The van der Waals surface area contributed by atoms with Gasteiger partial charge in [-0.3, -0.25) is 0 Å². The van der Waals surface area contributed by atoms with Crippen LogP contribution in [0.5, 0.6) is 0 Å². The summed E-state index contributed by atoms with van der Waals surface area (Å²) in [5.74, 6) is -1.13. The molecule has 1 fully saturated rings. The van der Waals surface area contributed by atoms with Crippen molar-refractivity contribution in [3.05, 3.63) is 0 Å². The molecule has 70 valence electrons. The van der Waals surface area contributed by atoms with Gasteiger partial charge in [-0.05, 0) is 25.8 Å². The molecule has 0 amide bonds. The van der Waals surface area contributed by atoms with Gasteiger partial charge in [-0.15, -0.1) is 0 Å². The third kappa shape index (κ3) is 1.44. The van der Waals surface area contributed by atoms with E-state index in [0.717, 1.165) is 19.3 Å². The van der Waals surface area contributed by atoms with Gasteiger partial charge in [0.05, 0.1) is 5.54 Å². The molecule has 12 heavy (non-hydrogen) atoms. The maximum Gasteiger partial charge on any atom is 0.334 e. The first-order valence-electron chi connectivity index (χ1n) is 4.28. The maximum atomic E-state index is 10.5. The normalized spacial score (nSPS) is 22.8. The van der Waals surface area contributed by atoms with Crippen molar-refractivity contribution in [3.63, 3.8) is 0 Å². The number of hydrogen-bond donors (Lipinski definition) is 3. The topological polar surface area (TPSA) is 69.6 Å². The molecule has 0 aliphatic heterocycles. The lowest BCUT2D eigenvalue weighted by atomic mass is 9.72. The van der Waals surface area contributed by atoms with Gasteiger partial charge in [0.1, 0.15) is 0 Å². The molecule has 1 rings (SSSR count). The highest BCUT2D eigenvalue weighted by atomic mass is 16.4. The number of carboxylic acids is 1. The Morgan fingerprint density at radius 1 is 1.67 bits per heavy atom. The minimum Gasteiger partial charge on any atom is -0.479 e. The fraction of sp³-hybridized carbons (Fsp3) is 0.875. The summed E-state index contributed by atoms with van der Waals surface area (Å²) in [6.45, 7) is 2.61. The Bertz CT molecular complexity index is 177. The quantitative estimate of drug-likeness (QED) is 0.558. The Labute approximate surface area is 71.6 Å². The fourth-order valence-electron chi connectivity index (χ4n) is 1.69. The lowest BCUT2D eigenvalue weighted by Gasteiger charge is -2.44. The minimum absolute atomic E-state index is 0.541. The number of hydrogen-bond acceptors (Lipinski definition) is 3. The molecule has 0 aromatic carbocycles. The van der Waals surface area contributed by atoms with Gasteiger partial charge in [0, 0.05) is 0 Å². The molecule has 1 aliphatic rings. The second kappa shape index (κ2) is 3.41. The zero-order chi connectivity index (χ0) is 9.19. The summed E-state index contributed by atoms with van der Waals surface area (Å²) in [6, 6.07) is 0. The maximum absolute atomic E-state index is 10.5. The smallest absolute Gasteiger partial charge is 0.334 e. The lowest BCUT2D eigenvalue weighted by molar-refractivity contribution is -0.154. The van der Waals surface area contributed by atoms with Crippen LogP contribution in [-0.2, 0) is 4.79 Å². The number of aliphatic hydroxyl groups excluding tert-OH is 1. The van der Waals surface area contributed by atoms with Gasteiger partial charge >= 0.3 is 5.97 Å². The van der Waals surface area contributed by atoms with Crippen LogP contribution in [0.2, 0.25) is 0 Å². The van der Waals surface area contributed by atoms with Crippen LogP contribution in [0.25, 0.3) is 0 Å². The number of nitrogens with one attached hydrogen (secondary N) is 1. The summed E-state index contributed by atoms with van der Waals surface area (Å²) < 4.78 is 0. The molecule has 1 atom stereocenters. The minimum atomic E-state index is -1.26. The van der Waals surface area contributed by atoms with Crippen LogP contribution in [0.1, 0.15) is 26.2 Å². The van der Waals surface area contributed by atoms with E-state index in [4.69, 9.17) is 5.11 Å². The second-order valence-corrected chi connectivity index (χ2v) is 3.28. The van der Waals surface area contributed by atoms with Gasteiger partial charge in [0.25, 0.3) is 0 Å². The van der Waals surface area contributed by atoms with E-state index in [0.29, 0.717) is 6.54 Å². The van der Waals surface area contributed by atoms with Crippen LogP contribution >= 0.6 is 0 Å². The van der Waals surface area contributed by atoms with Gasteiger partial charge < -0.3 is 15.5 Å². The molecule has 0 radical (unpaired) electrons. The first kappa shape index (κ1) is 9.48. The van der Waals surface area contributed by atoms with Crippen molar-refractivity contribution < 1.29 is 15.0 Å². The van der Waals surface area contributed by atoms with E-state index in [2.05, 4.69) is 5.32 Å². The molecule has 0 aromatic heterocycles. The average molecular weight is 173 g/mol. The molecule has 0 aromatic rings. The molecule has 1 saturated carbocycles. The summed E-state index contributed by atoms with van der Waals surface area (Å²) in [7, 11) is 0. The van der Waals surface area contributed by atoms with Crippen molar-refractivity contribution in [2.45, 2.75) is 37.8 Å². The van der Waals surface area contributed by atoms with Crippen molar-refractivity contribution in [2.75, 3.05) is 6.54 Å². The van der Waals surface area contributed by atoms with Gasteiger partial charge in [-0.1, -0.05) is 6.92 Å². The third-order valence-electron chi connectivity index (χ3n) is 2.53. The Morgan fingerprint density at radius 3 is 2.50 bits per heavy atom. The summed E-state index contributed by atoms with van der Waals surface area (Å²) in [6.07, 6.45) is 1.26. The zero-order valence-corrected chi connectivity index (χ0v) is 7.21. The predicted molar refractivity (Wildman–Crippen MR) is 43.9 cm³/mol. The number of rotatable bonds is 4. The molecule has 0 heterocycles. The summed E-state index contributed by atoms with van der Waals surface area (Å²) in [5, 5.41) is 21.0. The third-order valence-corrected chi connectivity index (χ3v) is 2.53. The largest absolute Gasteiger partial charge is 0.479 e. The highest BCUT2D eigenvalue weighted by Crippen LogP contribution is 2.34. The van der Waals surface area contributed by atoms with E-state index in [9.17, 15) is 9.90 Å². The van der Waals surface area contributed by atoms with Gasteiger partial charge in [-0.25, -0.2) is 4.79 Å². The highest BCUT2D eigenvalue weighted by molar-refractivity contribution is 5.74. The molecule has 4 heteroatoms. The Kier molecular flexibility index (Phi) is 2.69. The van der Waals surface area contributed by atoms with Crippen molar-refractivity contribution in [3.8, 4) is 0 Å². The number of aliphatic carboxylic acids is 1. The van der Waals surface area contributed by atoms with Crippen LogP contribution in [0.15, 0.2) is 0 Å². The molecule has 4 nitrogen and oxygen atoms in total. The molecular formula is C8H15NO3. The zero-order valence-electron chi connectivity index (χ0n) is 7.21. The molecular weight excluding hydrogens is 158 g/mol. The van der Waals surface area contributed by atoms with Crippen LogP contribution in [0.4, 0.5) is 0 Å². The molecule has 1 unspecified atom stereocenters. The Hall–Kier alpha value is -0.610. The van der Waals surface area contributed by atoms with E-state index in [-0.39, 0.29) is 0 Å². The van der Waals surface area contributed by atoms with Gasteiger partial charge in [-0.2, -0.15) is 0 Å². The first-order valence-corrected chi connectivity index (χ1v) is 4.28. The number of likely N-dealkylation sites (N-methyl/N-ethyl adjacent to an activating group) is 1. The van der Waals surface area contributed by atoms with Gasteiger partial charge in [0.15, 0.2) is 6.10 Å². The van der Waals surface area contributed by atoms with Crippen LogP contribution in [0, 0.1) is 0 Å². The molecule has 0 saturated heterocycles. The Morgan fingerprint density at radius 2 is 2.25 bits per heavy atom. The van der Waals surface area contributed by atoms with Gasteiger partial charge in [0.2, 0.25) is 0 Å². The summed E-state index contributed by atoms with van der Waals surface area (Å²) in [5.41, 5.74) is -0.541. The van der Waals surface area contributed by atoms with Crippen molar-refractivity contribution >= 4 is 5.97 Å². The van der Waals surface area contributed by atoms with Crippen molar-refractivity contribution in [1.82, 2.24) is 5.32 Å². The van der Waals surface area contributed by atoms with E-state index in [1.807, 2.05) is 6.92 Å². The predicted octanol–water partition coefficient (Wildman–Crippen LogP) is -0.0359. The first-order chi connectivity index (χ1) is 5.62. The van der Waals surface area contributed by atoms with Crippen molar-refractivity contribution in [1.29, 1.82) is 0 Å². The highest BCUT2D eigenvalue weighted by Gasteiger charge is 2.46. The molecule has 0 spiro atoms. The average Bonchev–Trinajstić information content (AvgIpc) is 1.95. The van der Waals surface area contributed by atoms with Crippen LogP contribution < -0.4 is 5.32 Å². The number of carboxylic acid groups (broad SMARTS) is 1. The number of aliphatic hydroxyl groups is 1. The standard InChI is InChI=1S/C8H15NO3/c1-2-9-8(4-3-5-8)6(10)7(11)12/h6,9-10H,2-5H2,1H3,(H,11,12). The van der Waals surface area contributed by atoms with Crippen LogP contribution in [-0.4, -0.2) is 34.4 Å². The van der Waals surface area contributed by atoms with E-state index < -0.39 is 17.6 Å². The SMILES string of the molecule is CCNC1(C(O)C(=O)O)CCC1. The molecule has 1 aliphatic carbocycles. The summed E-state index contributed by atoms with van der Waals surface area (Å²) >= 11 is 0. The molecule has 3 N–H and O–H groups in total. The van der Waals surface area contributed by atoms with Crippen molar-refractivity contribution in [2.24, 2.45) is 0 Å². The Balaban J connectivity index is 2.59. The monoisotopic (exact) mass is 173 g/mol. The number of carbonyl (C=O) groups is 1. The fourth-order valence-corrected chi connectivity index (χ4v) is 1.69. The second-order valence-electron chi connectivity index (χ2n) is 3.28. The van der Waals surface area contributed by atoms with Crippen LogP contribution in [0.3, 0.4) is 0 Å². The van der Waals surface area contributed by atoms with E-state index in [1.165, 1.54) is 0 Å². The lowest BCUT2D eigenvalue weighted by Crippen LogP contribution is -2.61. The van der Waals surface area contributed by atoms with E-state index >= 15 is 0 Å². The summed E-state index contributed by atoms with van der Waals surface area (Å²) in [4.78, 5) is 10.5.